The van der Waals surface area contributed by atoms with Crippen LogP contribution in [0.25, 0.3) is 0 Å². The summed E-state index contributed by atoms with van der Waals surface area (Å²) in [6.45, 7) is 13.8. The molecular formula is C24H33N3O2. The maximum Gasteiger partial charge on any atom is 0.321 e. The summed E-state index contributed by atoms with van der Waals surface area (Å²) >= 11 is 0. The fraction of sp³-hybridized carbons (Fsp3) is 0.458. The Morgan fingerprint density at radius 1 is 0.931 bits per heavy atom. The van der Waals surface area contributed by atoms with Crippen LogP contribution < -0.4 is 15.0 Å². The van der Waals surface area contributed by atoms with Gasteiger partial charge in [-0.05, 0) is 61.2 Å². The molecule has 3 rings (SSSR count). The molecule has 1 aliphatic heterocycles. The van der Waals surface area contributed by atoms with Gasteiger partial charge < -0.3 is 19.9 Å². The predicted molar refractivity (Wildman–Crippen MR) is 120 cm³/mol. The van der Waals surface area contributed by atoms with Crippen molar-refractivity contribution in [1.29, 1.82) is 0 Å². The summed E-state index contributed by atoms with van der Waals surface area (Å²) in [6.07, 6.45) is 0.136. The van der Waals surface area contributed by atoms with Crippen LogP contribution in [0.1, 0.15) is 40.2 Å². The molecule has 0 saturated carbocycles. The molecule has 2 aromatic rings. The molecule has 1 aliphatic rings. The SMILES string of the molecule is CC(C)Oc1ccc(NC(=O)N2CCN(c3ccc(C(C)(C)C)cc3)CC2)cc1. The number of benzene rings is 2. The fourth-order valence-corrected chi connectivity index (χ4v) is 3.43. The van der Waals surface area contributed by atoms with E-state index in [1.54, 1.807) is 0 Å². The van der Waals surface area contributed by atoms with Crippen molar-refractivity contribution >= 4 is 17.4 Å². The Hall–Kier alpha value is -2.69. The highest BCUT2D eigenvalue weighted by atomic mass is 16.5. The van der Waals surface area contributed by atoms with Crippen molar-refractivity contribution in [3.8, 4) is 5.75 Å². The summed E-state index contributed by atoms with van der Waals surface area (Å²) in [4.78, 5) is 16.8. The van der Waals surface area contributed by atoms with Gasteiger partial charge in [-0.1, -0.05) is 32.9 Å². The number of hydrogen-bond donors (Lipinski definition) is 1. The summed E-state index contributed by atoms with van der Waals surface area (Å²) in [7, 11) is 0. The first-order valence-corrected chi connectivity index (χ1v) is 10.4. The number of carbonyl (C=O) groups is 1. The molecule has 0 bridgehead atoms. The van der Waals surface area contributed by atoms with Gasteiger partial charge in [-0.3, -0.25) is 0 Å². The Labute approximate surface area is 174 Å². The lowest BCUT2D eigenvalue weighted by Crippen LogP contribution is -2.50. The Morgan fingerprint density at radius 3 is 2.03 bits per heavy atom. The first kappa shape index (κ1) is 21.0. The van der Waals surface area contributed by atoms with Crippen LogP contribution in [-0.4, -0.2) is 43.2 Å². The van der Waals surface area contributed by atoms with Crippen molar-refractivity contribution in [2.24, 2.45) is 0 Å². The molecule has 0 unspecified atom stereocenters. The summed E-state index contributed by atoms with van der Waals surface area (Å²) < 4.78 is 5.64. The highest BCUT2D eigenvalue weighted by Crippen LogP contribution is 2.25. The van der Waals surface area contributed by atoms with Crippen LogP contribution in [0, 0.1) is 0 Å². The van der Waals surface area contributed by atoms with Gasteiger partial charge >= 0.3 is 6.03 Å². The highest BCUT2D eigenvalue weighted by Gasteiger charge is 2.22. The van der Waals surface area contributed by atoms with Crippen LogP contribution in [0.2, 0.25) is 0 Å². The lowest BCUT2D eigenvalue weighted by molar-refractivity contribution is 0.208. The molecule has 1 N–H and O–H groups in total. The molecule has 156 valence electrons. The second-order valence-electron chi connectivity index (χ2n) is 8.89. The van der Waals surface area contributed by atoms with Crippen LogP contribution in [0.5, 0.6) is 5.75 Å². The molecule has 2 amide bonds. The molecule has 1 heterocycles. The lowest BCUT2D eigenvalue weighted by atomic mass is 9.87. The molecular weight excluding hydrogens is 362 g/mol. The van der Waals surface area contributed by atoms with Crippen molar-refractivity contribution in [3.63, 3.8) is 0 Å². The number of hydrogen-bond acceptors (Lipinski definition) is 3. The van der Waals surface area contributed by atoms with Gasteiger partial charge in [0, 0.05) is 37.6 Å². The molecule has 0 aliphatic carbocycles. The molecule has 0 radical (unpaired) electrons. The van der Waals surface area contributed by atoms with Crippen LogP contribution >= 0.6 is 0 Å². The number of carbonyl (C=O) groups excluding carboxylic acids is 1. The van der Waals surface area contributed by atoms with E-state index in [0.717, 1.165) is 24.5 Å². The maximum atomic E-state index is 12.6. The number of nitrogens with one attached hydrogen (secondary N) is 1. The Bertz CT molecular complexity index is 800. The predicted octanol–water partition coefficient (Wildman–Crippen LogP) is 5.13. The maximum absolute atomic E-state index is 12.6. The molecule has 0 spiro atoms. The first-order chi connectivity index (χ1) is 13.7. The molecule has 1 fully saturated rings. The van der Waals surface area contributed by atoms with Crippen molar-refractivity contribution in [3.05, 3.63) is 54.1 Å². The third kappa shape index (κ3) is 5.66. The zero-order valence-electron chi connectivity index (χ0n) is 18.2. The smallest absolute Gasteiger partial charge is 0.321 e. The second kappa shape index (κ2) is 8.76. The van der Waals surface area contributed by atoms with Crippen LogP contribution in [0.15, 0.2) is 48.5 Å². The Kier molecular flexibility index (Phi) is 6.36. The van der Waals surface area contributed by atoms with E-state index in [9.17, 15) is 4.79 Å². The fourth-order valence-electron chi connectivity index (χ4n) is 3.43. The van der Waals surface area contributed by atoms with Gasteiger partial charge in [0.25, 0.3) is 0 Å². The second-order valence-corrected chi connectivity index (χ2v) is 8.89. The number of nitrogens with zero attached hydrogens (tertiary/aromatic N) is 2. The number of amides is 2. The Balaban J connectivity index is 1.51. The average Bonchev–Trinajstić information content (AvgIpc) is 2.69. The lowest BCUT2D eigenvalue weighted by Gasteiger charge is -2.36. The molecule has 1 saturated heterocycles. The molecule has 0 aromatic heterocycles. The minimum absolute atomic E-state index is 0.0507. The number of urea groups is 1. The number of ether oxygens (including phenoxy) is 1. The zero-order valence-corrected chi connectivity index (χ0v) is 18.2. The first-order valence-electron chi connectivity index (χ1n) is 10.4. The number of rotatable bonds is 4. The quantitative estimate of drug-likeness (QED) is 0.781. The van der Waals surface area contributed by atoms with Gasteiger partial charge in [-0.25, -0.2) is 4.79 Å². The van der Waals surface area contributed by atoms with Crippen molar-refractivity contribution in [1.82, 2.24) is 4.90 Å². The van der Waals surface area contributed by atoms with E-state index in [1.165, 1.54) is 11.3 Å². The molecule has 2 aromatic carbocycles. The number of piperazine rings is 1. The van der Waals surface area contributed by atoms with Gasteiger partial charge in [0.15, 0.2) is 0 Å². The highest BCUT2D eigenvalue weighted by molar-refractivity contribution is 5.89. The molecule has 29 heavy (non-hydrogen) atoms. The summed E-state index contributed by atoms with van der Waals surface area (Å²) in [6, 6.07) is 16.3. The van der Waals surface area contributed by atoms with E-state index >= 15 is 0 Å². The largest absolute Gasteiger partial charge is 0.491 e. The minimum atomic E-state index is -0.0507. The van der Waals surface area contributed by atoms with Crippen molar-refractivity contribution < 1.29 is 9.53 Å². The summed E-state index contributed by atoms with van der Waals surface area (Å²) in [5.74, 6) is 0.809. The minimum Gasteiger partial charge on any atom is -0.491 e. The summed E-state index contributed by atoms with van der Waals surface area (Å²) in [5, 5.41) is 2.98. The normalized spacial score (nSPS) is 14.8. The Morgan fingerprint density at radius 2 is 1.52 bits per heavy atom. The molecule has 5 nitrogen and oxygen atoms in total. The molecule has 0 atom stereocenters. The number of anilines is 2. The van der Waals surface area contributed by atoms with E-state index in [4.69, 9.17) is 4.74 Å². The van der Waals surface area contributed by atoms with Gasteiger partial charge in [0.05, 0.1) is 6.10 Å². The van der Waals surface area contributed by atoms with Gasteiger partial charge in [-0.15, -0.1) is 0 Å². The third-order valence-corrected chi connectivity index (χ3v) is 5.14. The third-order valence-electron chi connectivity index (χ3n) is 5.14. The van der Waals surface area contributed by atoms with E-state index in [1.807, 2.05) is 43.0 Å². The van der Waals surface area contributed by atoms with E-state index in [2.05, 4.69) is 55.3 Å². The van der Waals surface area contributed by atoms with Gasteiger partial charge in [0.2, 0.25) is 0 Å². The summed E-state index contributed by atoms with van der Waals surface area (Å²) in [5.41, 5.74) is 3.50. The molecule has 5 heteroatoms. The van der Waals surface area contributed by atoms with Crippen molar-refractivity contribution in [2.45, 2.75) is 46.1 Å². The van der Waals surface area contributed by atoms with E-state index in [-0.39, 0.29) is 17.6 Å². The van der Waals surface area contributed by atoms with E-state index < -0.39 is 0 Å². The monoisotopic (exact) mass is 395 g/mol. The average molecular weight is 396 g/mol. The van der Waals surface area contributed by atoms with Crippen LogP contribution in [0.4, 0.5) is 16.2 Å². The van der Waals surface area contributed by atoms with Crippen molar-refractivity contribution in [2.75, 3.05) is 36.4 Å². The van der Waals surface area contributed by atoms with E-state index in [0.29, 0.717) is 13.1 Å². The van der Waals surface area contributed by atoms with Crippen LogP contribution in [-0.2, 0) is 5.41 Å². The standard InChI is InChI=1S/C24H33N3O2/c1-18(2)29-22-12-8-20(9-13-22)25-23(28)27-16-14-26(15-17-27)21-10-6-19(7-11-21)24(3,4)5/h6-13,18H,14-17H2,1-5H3,(H,25,28). The van der Waals surface area contributed by atoms with Gasteiger partial charge in [0.1, 0.15) is 5.75 Å². The topological polar surface area (TPSA) is 44.8 Å². The van der Waals surface area contributed by atoms with Crippen LogP contribution in [0.3, 0.4) is 0 Å². The zero-order chi connectivity index (χ0) is 21.0. The van der Waals surface area contributed by atoms with Gasteiger partial charge in [-0.2, -0.15) is 0 Å².